The number of nitrogens with one attached hydrogen (secondary N) is 1. The zero-order chi connectivity index (χ0) is 20.9. The van der Waals surface area contributed by atoms with Gasteiger partial charge in [0.25, 0.3) is 0 Å². The van der Waals surface area contributed by atoms with Crippen LogP contribution in [0.25, 0.3) is 11.4 Å². The summed E-state index contributed by atoms with van der Waals surface area (Å²) in [5.74, 6) is 1.74. The third-order valence-electron chi connectivity index (χ3n) is 5.23. The number of amides is 1. The van der Waals surface area contributed by atoms with Crippen molar-refractivity contribution in [3.63, 3.8) is 0 Å². The van der Waals surface area contributed by atoms with E-state index >= 15 is 0 Å². The monoisotopic (exact) mass is 426 g/mol. The standard InChI is InChI=1S/C22H23ClN4O3/c1-29-19-8-3-2-7-18(19)24-22(28)15-9-11-27(12-10-15)14-20-25-21(26-30-20)16-5-4-6-17(23)13-16/h2-8,13,15H,9-12,14H2,1H3,(H,24,28). The van der Waals surface area contributed by atoms with Crippen molar-refractivity contribution in [2.75, 3.05) is 25.5 Å². The minimum absolute atomic E-state index is 0.0279. The maximum absolute atomic E-state index is 12.7. The molecule has 0 saturated carbocycles. The molecule has 3 aromatic rings. The number of nitrogens with zero attached hydrogens (tertiary/aromatic N) is 3. The van der Waals surface area contributed by atoms with Crippen LogP contribution in [0.15, 0.2) is 53.1 Å². The molecule has 0 spiro atoms. The molecule has 7 nitrogen and oxygen atoms in total. The summed E-state index contributed by atoms with van der Waals surface area (Å²) in [6.45, 7) is 2.15. The SMILES string of the molecule is COc1ccccc1NC(=O)C1CCN(Cc2nc(-c3cccc(Cl)c3)no2)CC1. The molecule has 2 aromatic carbocycles. The Kier molecular flexibility index (Phi) is 6.30. The van der Waals surface area contributed by atoms with Gasteiger partial charge in [-0.05, 0) is 50.2 Å². The van der Waals surface area contributed by atoms with E-state index in [0.717, 1.165) is 31.5 Å². The van der Waals surface area contributed by atoms with Crippen molar-refractivity contribution in [1.82, 2.24) is 15.0 Å². The fourth-order valence-electron chi connectivity index (χ4n) is 3.59. The number of carbonyl (C=O) groups excluding carboxylic acids is 1. The zero-order valence-electron chi connectivity index (χ0n) is 16.7. The minimum Gasteiger partial charge on any atom is -0.495 e. The molecule has 0 atom stereocenters. The van der Waals surface area contributed by atoms with Crippen LogP contribution in [0.4, 0.5) is 5.69 Å². The topological polar surface area (TPSA) is 80.5 Å². The van der Waals surface area contributed by atoms with E-state index in [1.807, 2.05) is 42.5 Å². The van der Waals surface area contributed by atoms with Crippen molar-refractivity contribution in [2.24, 2.45) is 5.92 Å². The average molecular weight is 427 g/mol. The van der Waals surface area contributed by atoms with Crippen LogP contribution in [-0.4, -0.2) is 41.1 Å². The van der Waals surface area contributed by atoms with E-state index < -0.39 is 0 Å². The molecule has 0 bridgehead atoms. The molecule has 0 aliphatic carbocycles. The zero-order valence-corrected chi connectivity index (χ0v) is 17.4. The van der Waals surface area contributed by atoms with E-state index in [1.54, 1.807) is 13.2 Å². The lowest BCUT2D eigenvalue weighted by atomic mass is 9.96. The van der Waals surface area contributed by atoms with Gasteiger partial charge in [-0.15, -0.1) is 0 Å². The molecule has 0 radical (unpaired) electrons. The van der Waals surface area contributed by atoms with E-state index in [4.69, 9.17) is 20.9 Å². The fraction of sp³-hybridized carbons (Fsp3) is 0.318. The number of para-hydroxylation sites is 2. The molecule has 30 heavy (non-hydrogen) atoms. The van der Waals surface area contributed by atoms with Crippen LogP contribution in [0, 0.1) is 5.92 Å². The summed E-state index contributed by atoms with van der Waals surface area (Å²) in [5.41, 5.74) is 1.52. The van der Waals surface area contributed by atoms with Gasteiger partial charge < -0.3 is 14.6 Å². The first-order chi connectivity index (χ1) is 14.6. The number of methoxy groups -OCH3 is 1. The number of halogens is 1. The molecule has 2 heterocycles. The van der Waals surface area contributed by atoms with Crippen LogP contribution in [0.1, 0.15) is 18.7 Å². The number of hydrogen-bond donors (Lipinski definition) is 1. The molecule has 4 rings (SSSR count). The number of aromatic nitrogens is 2. The number of anilines is 1. The summed E-state index contributed by atoms with van der Waals surface area (Å²) in [5, 5.41) is 7.67. The lowest BCUT2D eigenvalue weighted by molar-refractivity contribution is -0.121. The highest BCUT2D eigenvalue weighted by atomic mass is 35.5. The Bertz CT molecular complexity index is 1010. The Labute approximate surface area is 180 Å². The van der Waals surface area contributed by atoms with Crippen LogP contribution in [0.5, 0.6) is 5.75 Å². The first-order valence-corrected chi connectivity index (χ1v) is 10.2. The Morgan fingerprint density at radius 3 is 2.80 bits per heavy atom. The van der Waals surface area contributed by atoms with Gasteiger partial charge in [0, 0.05) is 16.5 Å². The molecular weight excluding hydrogens is 404 g/mol. The van der Waals surface area contributed by atoms with Crippen LogP contribution in [-0.2, 0) is 11.3 Å². The van der Waals surface area contributed by atoms with Crippen molar-refractivity contribution >= 4 is 23.2 Å². The summed E-state index contributed by atoms with van der Waals surface area (Å²) >= 11 is 6.03. The summed E-state index contributed by atoms with van der Waals surface area (Å²) in [6, 6.07) is 14.8. The Hall–Kier alpha value is -2.90. The van der Waals surface area contributed by atoms with Gasteiger partial charge in [0.1, 0.15) is 5.75 Å². The third-order valence-corrected chi connectivity index (χ3v) is 5.47. The average Bonchev–Trinajstić information content (AvgIpc) is 3.23. The Morgan fingerprint density at radius 2 is 2.03 bits per heavy atom. The van der Waals surface area contributed by atoms with Gasteiger partial charge in [-0.25, -0.2) is 0 Å². The van der Waals surface area contributed by atoms with Crippen LogP contribution >= 0.6 is 11.6 Å². The van der Waals surface area contributed by atoms with Crippen LogP contribution in [0.3, 0.4) is 0 Å². The Balaban J connectivity index is 1.30. The smallest absolute Gasteiger partial charge is 0.241 e. The second kappa shape index (κ2) is 9.28. The maximum Gasteiger partial charge on any atom is 0.241 e. The lowest BCUT2D eigenvalue weighted by Gasteiger charge is -2.30. The van der Waals surface area contributed by atoms with Crippen molar-refractivity contribution in [3.05, 3.63) is 59.4 Å². The van der Waals surface area contributed by atoms with E-state index in [-0.39, 0.29) is 11.8 Å². The number of rotatable bonds is 6. The molecule has 0 unspecified atom stereocenters. The molecule has 1 aromatic heterocycles. The van der Waals surface area contributed by atoms with Gasteiger partial charge in [0.15, 0.2) is 0 Å². The number of benzene rings is 2. The minimum atomic E-state index is -0.0316. The predicted octanol–water partition coefficient (Wildman–Crippen LogP) is 4.25. The highest BCUT2D eigenvalue weighted by molar-refractivity contribution is 6.30. The quantitative estimate of drug-likeness (QED) is 0.634. The third kappa shape index (κ3) is 4.80. The number of likely N-dealkylation sites (tertiary alicyclic amines) is 1. The van der Waals surface area contributed by atoms with Crippen LogP contribution in [0.2, 0.25) is 5.02 Å². The van der Waals surface area contributed by atoms with Crippen LogP contribution < -0.4 is 10.1 Å². The molecule has 1 amide bonds. The molecule has 1 aliphatic rings. The molecule has 156 valence electrons. The normalized spacial score (nSPS) is 15.1. The van der Waals surface area contributed by atoms with Crippen molar-refractivity contribution in [2.45, 2.75) is 19.4 Å². The van der Waals surface area contributed by atoms with Gasteiger partial charge in [-0.1, -0.05) is 41.0 Å². The first-order valence-electron chi connectivity index (χ1n) is 9.87. The summed E-state index contributed by atoms with van der Waals surface area (Å²) < 4.78 is 10.7. The second-order valence-corrected chi connectivity index (χ2v) is 7.70. The molecule has 8 heteroatoms. The van der Waals surface area contributed by atoms with Crippen molar-refractivity contribution in [3.8, 4) is 17.1 Å². The van der Waals surface area contributed by atoms with E-state index in [0.29, 0.717) is 34.7 Å². The highest BCUT2D eigenvalue weighted by Gasteiger charge is 2.26. The molecule has 1 fully saturated rings. The van der Waals surface area contributed by atoms with E-state index in [1.165, 1.54) is 0 Å². The van der Waals surface area contributed by atoms with Gasteiger partial charge in [-0.2, -0.15) is 4.98 Å². The van der Waals surface area contributed by atoms with Gasteiger partial charge >= 0.3 is 0 Å². The predicted molar refractivity (Wildman–Crippen MR) is 114 cm³/mol. The summed E-state index contributed by atoms with van der Waals surface area (Å²) in [7, 11) is 1.60. The second-order valence-electron chi connectivity index (χ2n) is 7.26. The lowest BCUT2D eigenvalue weighted by Crippen LogP contribution is -2.37. The van der Waals surface area contributed by atoms with E-state index in [9.17, 15) is 4.79 Å². The summed E-state index contributed by atoms with van der Waals surface area (Å²) in [4.78, 5) is 19.3. The largest absolute Gasteiger partial charge is 0.495 e. The maximum atomic E-state index is 12.7. The molecular formula is C22H23ClN4O3. The van der Waals surface area contributed by atoms with Gasteiger partial charge in [-0.3, -0.25) is 9.69 Å². The molecule has 1 saturated heterocycles. The number of piperidine rings is 1. The number of carbonyl (C=O) groups is 1. The first kappa shape index (κ1) is 20.4. The van der Waals surface area contributed by atoms with E-state index in [2.05, 4.69) is 20.4 Å². The fourth-order valence-corrected chi connectivity index (χ4v) is 3.78. The van der Waals surface area contributed by atoms with Gasteiger partial charge in [0.05, 0.1) is 19.3 Å². The molecule has 1 N–H and O–H groups in total. The molecule has 1 aliphatic heterocycles. The van der Waals surface area contributed by atoms with Crippen molar-refractivity contribution < 1.29 is 14.1 Å². The Morgan fingerprint density at radius 1 is 1.23 bits per heavy atom. The van der Waals surface area contributed by atoms with Crippen molar-refractivity contribution in [1.29, 1.82) is 0 Å². The number of hydrogen-bond acceptors (Lipinski definition) is 6. The number of ether oxygens (including phenoxy) is 1. The highest BCUT2D eigenvalue weighted by Crippen LogP contribution is 2.26. The summed E-state index contributed by atoms with van der Waals surface area (Å²) in [6.07, 6.45) is 1.55. The van der Waals surface area contributed by atoms with Gasteiger partial charge in [0.2, 0.25) is 17.6 Å².